The molecular formula is C8H12F3NO2. The van der Waals surface area contributed by atoms with Gasteiger partial charge in [0, 0.05) is 0 Å². The van der Waals surface area contributed by atoms with E-state index >= 15 is 0 Å². The van der Waals surface area contributed by atoms with Crippen LogP contribution in [0.25, 0.3) is 0 Å². The van der Waals surface area contributed by atoms with Crippen LogP contribution in [0.4, 0.5) is 13.2 Å². The number of aliphatic carboxylic acids is 1. The topological polar surface area (TPSA) is 49.3 Å². The number of halogens is 3. The number of rotatable bonds is 4. The fraction of sp³-hybridized carbons (Fsp3) is 0.875. The van der Waals surface area contributed by atoms with Crippen LogP contribution < -0.4 is 5.32 Å². The zero-order valence-corrected chi connectivity index (χ0v) is 7.69. The molecule has 3 nitrogen and oxygen atoms in total. The van der Waals surface area contributed by atoms with Crippen LogP contribution in [-0.2, 0) is 4.79 Å². The van der Waals surface area contributed by atoms with E-state index in [1.165, 1.54) is 6.92 Å². The van der Waals surface area contributed by atoms with E-state index in [1.807, 2.05) is 0 Å². The van der Waals surface area contributed by atoms with Gasteiger partial charge in [0.15, 0.2) is 0 Å². The lowest BCUT2D eigenvalue weighted by atomic mass is 9.96. The van der Waals surface area contributed by atoms with Gasteiger partial charge in [-0.2, -0.15) is 13.2 Å². The van der Waals surface area contributed by atoms with E-state index < -0.39 is 24.2 Å². The predicted octanol–water partition coefficient (Wildman–Crippen LogP) is 1.39. The Hall–Kier alpha value is -0.780. The van der Waals surface area contributed by atoms with Gasteiger partial charge in [-0.3, -0.25) is 10.1 Å². The molecule has 0 spiro atoms. The van der Waals surface area contributed by atoms with Crippen LogP contribution in [0.3, 0.4) is 0 Å². The molecule has 0 aliphatic heterocycles. The summed E-state index contributed by atoms with van der Waals surface area (Å²) in [4.78, 5) is 10.8. The van der Waals surface area contributed by atoms with Crippen LogP contribution in [0.2, 0.25) is 0 Å². The molecule has 1 aliphatic rings. The Morgan fingerprint density at radius 1 is 1.50 bits per heavy atom. The molecule has 1 fully saturated rings. The molecule has 1 aliphatic carbocycles. The van der Waals surface area contributed by atoms with Crippen molar-refractivity contribution in [2.24, 2.45) is 5.92 Å². The Morgan fingerprint density at radius 3 is 2.29 bits per heavy atom. The minimum absolute atomic E-state index is 0.178. The molecule has 1 rings (SSSR count). The predicted molar refractivity (Wildman–Crippen MR) is 42.8 cm³/mol. The molecule has 14 heavy (non-hydrogen) atoms. The molecule has 6 heteroatoms. The van der Waals surface area contributed by atoms with Gasteiger partial charge in [-0.25, -0.2) is 0 Å². The molecule has 0 heterocycles. The van der Waals surface area contributed by atoms with E-state index in [1.54, 1.807) is 0 Å². The van der Waals surface area contributed by atoms with Crippen molar-refractivity contribution >= 4 is 5.97 Å². The lowest BCUT2D eigenvalue weighted by Crippen LogP contribution is -2.54. The number of carboxylic acids is 1. The Balaban J connectivity index is 2.56. The van der Waals surface area contributed by atoms with Crippen LogP contribution in [-0.4, -0.2) is 29.3 Å². The summed E-state index contributed by atoms with van der Waals surface area (Å²) in [5.74, 6) is -1.40. The molecule has 0 saturated heterocycles. The summed E-state index contributed by atoms with van der Waals surface area (Å²) in [5, 5.41) is 10.9. The number of alkyl halides is 3. The van der Waals surface area contributed by atoms with Crippen molar-refractivity contribution in [3.63, 3.8) is 0 Å². The minimum Gasteiger partial charge on any atom is -0.480 e. The molecule has 1 atom stereocenters. The lowest BCUT2D eigenvalue weighted by molar-refractivity contribution is -0.150. The van der Waals surface area contributed by atoms with E-state index in [-0.39, 0.29) is 5.92 Å². The highest BCUT2D eigenvalue weighted by atomic mass is 19.4. The second-order valence-corrected chi connectivity index (χ2v) is 3.75. The fourth-order valence-electron chi connectivity index (χ4n) is 1.34. The monoisotopic (exact) mass is 211 g/mol. The molecule has 0 aromatic carbocycles. The maximum absolute atomic E-state index is 11.9. The summed E-state index contributed by atoms with van der Waals surface area (Å²) >= 11 is 0. The number of hydrogen-bond donors (Lipinski definition) is 2. The van der Waals surface area contributed by atoms with E-state index in [2.05, 4.69) is 5.32 Å². The second-order valence-electron chi connectivity index (χ2n) is 3.75. The van der Waals surface area contributed by atoms with Crippen LogP contribution >= 0.6 is 0 Å². The zero-order valence-electron chi connectivity index (χ0n) is 7.69. The molecule has 0 amide bonds. The van der Waals surface area contributed by atoms with E-state index in [4.69, 9.17) is 5.11 Å². The van der Waals surface area contributed by atoms with E-state index in [0.717, 1.165) is 0 Å². The molecule has 1 saturated carbocycles. The standard InChI is InChI=1S/C8H12F3NO2/c1-7(6(13)14,5-2-3-5)12-4-8(9,10)11/h5,12H,2-4H2,1H3,(H,13,14). The highest BCUT2D eigenvalue weighted by molar-refractivity contribution is 5.79. The average molecular weight is 211 g/mol. The summed E-state index contributed by atoms with van der Waals surface area (Å²) in [6.07, 6.45) is -3.02. The van der Waals surface area contributed by atoms with Gasteiger partial charge in [0.1, 0.15) is 5.54 Å². The first-order valence-corrected chi connectivity index (χ1v) is 4.31. The number of carboxylic acid groups (broad SMARTS) is 1. The van der Waals surface area contributed by atoms with Crippen molar-refractivity contribution in [3.05, 3.63) is 0 Å². The summed E-state index contributed by atoms with van der Waals surface area (Å²) in [6, 6.07) is 0. The van der Waals surface area contributed by atoms with Gasteiger partial charge >= 0.3 is 12.1 Å². The van der Waals surface area contributed by atoms with Crippen molar-refractivity contribution in [2.75, 3.05) is 6.54 Å². The third-order valence-corrected chi connectivity index (χ3v) is 2.49. The van der Waals surface area contributed by atoms with Crippen molar-refractivity contribution in [1.29, 1.82) is 0 Å². The van der Waals surface area contributed by atoms with Crippen LogP contribution in [0, 0.1) is 5.92 Å². The quantitative estimate of drug-likeness (QED) is 0.738. The van der Waals surface area contributed by atoms with Crippen molar-refractivity contribution in [2.45, 2.75) is 31.5 Å². The van der Waals surface area contributed by atoms with Crippen molar-refractivity contribution in [3.8, 4) is 0 Å². The summed E-state index contributed by atoms with van der Waals surface area (Å²) in [7, 11) is 0. The first kappa shape index (κ1) is 11.3. The number of carbonyl (C=O) groups is 1. The summed E-state index contributed by atoms with van der Waals surface area (Å²) in [6.45, 7) is 0.0467. The molecule has 1 unspecified atom stereocenters. The third kappa shape index (κ3) is 2.60. The van der Waals surface area contributed by atoms with E-state index in [0.29, 0.717) is 12.8 Å². The van der Waals surface area contributed by atoms with Crippen LogP contribution in [0.5, 0.6) is 0 Å². The average Bonchev–Trinajstić information content (AvgIpc) is 2.80. The van der Waals surface area contributed by atoms with Gasteiger partial charge in [-0.05, 0) is 25.7 Å². The Bertz CT molecular complexity index is 237. The minimum atomic E-state index is -4.37. The first-order valence-electron chi connectivity index (χ1n) is 4.31. The summed E-state index contributed by atoms with van der Waals surface area (Å²) in [5.41, 5.74) is -1.44. The molecule has 0 aromatic rings. The highest BCUT2D eigenvalue weighted by Gasteiger charge is 2.48. The van der Waals surface area contributed by atoms with E-state index in [9.17, 15) is 18.0 Å². The molecule has 0 aromatic heterocycles. The zero-order chi connectivity index (χ0) is 11.0. The van der Waals surface area contributed by atoms with Gasteiger partial charge in [0.25, 0.3) is 0 Å². The van der Waals surface area contributed by atoms with Crippen LogP contribution in [0.1, 0.15) is 19.8 Å². The largest absolute Gasteiger partial charge is 0.480 e. The normalized spacial score (nSPS) is 21.7. The van der Waals surface area contributed by atoms with Crippen molar-refractivity contribution < 1.29 is 23.1 Å². The Morgan fingerprint density at radius 2 is 2.00 bits per heavy atom. The molecule has 0 bridgehead atoms. The molecular weight excluding hydrogens is 199 g/mol. The van der Waals surface area contributed by atoms with Crippen LogP contribution in [0.15, 0.2) is 0 Å². The molecule has 82 valence electrons. The molecule has 2 N–H and O–H groups in total. The lowest BCUT2D eigenvalue weighted by Gasteiger charge is -2.26. The van der Waals surface area contributed by atoms with Gasteiger partial charge in [0.05, 0.1) is 6.54 Å². The van der Waals surface area contributed by atoms with Gasteiger partial charge in [-0.1, -0.05) is 0 Å². The highest BCUT2D eigenvalue weighted by Crippen LogP contribution is 2.40. The fourth-order valence-corrected chi connectivity index (χ4v) is 1.34. The molecule has 0 radical (unpaired) electrons. The van der Waals surface area contributed by atoms with Gasteiger partial charge < -0.3 is 5.11 Å². The SMILES string of the molecule is CC(NCC(F)(F)F)(C(=O)O)C1CC1. The number of hydrogen-bond acceptors (Lipinski definition) is 2. The van der Waals surface area contributed by atoms with Crippen molar-refractivity contribution in [1.82, 2.24) is 5.32 Å². The Kier molecular flexibility index (Phi) is 2.76. The first-order chi connectivity index (χ1) is 6.26. The third-order valence-electron chi connectivity index (χ3n) is 2.49. The smallest absolute Gasteiger partial charge is 0.401 e. The Labute approximate surface area is 79.3 Å². The second kappa shape index (κ2) is 3.42. The maximum Gasteiger partial charge on any atom is 0.401 e. The number of nitrogens with one attached hydrogen (secondary N) is 1. The summed E-state index contributed by atoms with van der Waals surface area (Å²) < 4.78 is 35.6. The van der Waals surface area contributed by atoms with Gasteiger partial charge in [-0.15, -0.1) is 0 Å². The van der Waals surface area contributed by atoms with Gasteiger partial charge in [0.2, 0.25) is 0 Å². The maximum atomic E-state index is 11.9.